The predicted molar refractivity (Wildman–Crippen MR) is 308 cm³/mol. The van der Waals surface area contributed by atoms with Gasteiger partial charge in [0.2, 0.25) is 0 Å². The second-order valence-electron chi connectivity index (χ2n) is 32.1. The number of benzene rings is 15. The first-order valence-electron chi connectivity index (χ1n) is 30.0. The molecular formula is C76H24. The summed E-state index contributed by atoms with van der Waals surface area (Å²) in [7, 11) is 0. The van der Waals surface area contributed by atoms with Gasteiger partial charge in [-0.15, -0.1) is 0 Å². The van der Waals surface area contributed by atoms with Crippen LogP contribution in [0.2, 0.25) is 0 Å². The van der Waals surface area contributed by atoms with Crippen LogP contribution in [0.5, 0.6) is 0 Å². The van der Waals surface area contributed by atoms with Crippen molar-refractivity contribution >= 4 is 215 Å². The van der Waals surface area contributed by atoms with Gasteiger partial charge in [-0.1, -0.05) is 41.5 Å². The largest absolute Gasteiger partial charge is 0.0510 e. The van der Waals surface area contributed by atoms with Gasteiger partial charge >= 0.3 is 0 Å². The lowest BCUT2D eigenvalue weighted by molar-refractivity contribution is 0.0241. The molecule has 21 aromatic rings. The normalized spacial score (nSPS) is 37.7. The zero-order valence-electron chi connectivity index (χ0n) is 41.5. The van der Waals surface area contributed by atoms with Gasteiger partial charge in [-0.25, -0.2) is 0 Å². The Hall–Kier alpha value is -7.54. The molecule has 0 saturated carbocycles. The van der Waals surface area contributed by atoms with E-state index in [-0.39, 0.29) is 32.5 Å². The lowest BCUT2D eigenvalue weighted by Gasteiger charge is -2.70. The molecule has 0 aromatic heterocycles. The SMILES string of the molecule is C[C@]12c3c4c5c6c7c8c9c%10c%11c%12c%13c%14c%15c%16c%17c%18c(c%19c%20c%21c%22c%23c%24c%25c%26c%27c(c1c1c%28c%29c(c%14c%14c(c3c3c5c8c%11c3c%14%13)C%292)c2c%15c3c%17c(c%18%21)c5c%22c%25c8c(c1%26)c%28c2c3c85)[C@@]4(C)C6C(C(C7[C@@]%199C)[C@]%20%23C)[C@@]%27%24C)[C@]%10(C)C%12%16. The summed E-state index contributed by atoms with van der Waals surface area (Å²) in [5.41, 5.74) is 33.1. The second kappa shape index (κ2) is 6.13. The van der Waals surface area contributed by atoms with Crippen molar-refractivity contribution in [1.29, 1.82) is 0 Å². The molecule has 37 rings (SSSR count). The Bertz CT molecular complexity index is 7100. The summed E-state index contributed by atoms with van der Waals surface area (Å²) in [6.07, 6.45) is 0. The number of rotatable bonds is 0. The van der Waals surface area contributed by atoms with Crippen molar-refractivity contribution in [2.45, 2.75) is 97.7 Å². The number of hydrogen-bond donors (Lipinski definition) is 0. The van der Waals surface area contributed by atoms with E-state index in [1.54, 1.807) is 205 Å². The topological polar surface area (TPSA) is 0 Å². The molecule has 16 aliphatic rings. The van der Waals surface area contributed by atoms with Gasteiger partial charge in [0, 0.05) is 56.2 Å². The Morgan fingerprint density at radius 3 is 0.697 bits per heavy atom. The van der Waals surface area contributed by atoms with E-state index in [2.05, 4.69) is 41.5 Å². The minimum Gasteiger partial charge on any atom is -0.0510 e. The van der Waals surface area contributed by atoms with E-state index in [0.29, 0.717) is 35.5 Å². The molecular weight excluding hydrogens is 913 g/mol. The fraction of sp³-hybridized carbons (Fsp3) is 0.237. The molecule has 0 N–H and O–H groups in total. The van der Waals surface area contributed by atoms with Crippen molar-refractivity contribution in [3.05, 3.63) is 100 Å². The van der Waals surface area contributed by atoms with Crippen LogP contribution >= 0.6 is 0 Å². The predicted octanol–water partition coefficient (Wildman–Crippen LogP) is 18.0. The van der Waals surface area contributed by atoms with Gasteiger partial charge in [0.25, 0.3) is 0 Å². The Morgan fingerprint density at radius 2 is 0.342 bits per heavy atom. The van der Waals surface area contributed by atoms with Crippen LogP contribution in [-0.4, -0.2) is 0 Å². The molecule has 328 valence electrons. The minimum absolute atomic E-state index is 0.0761. The fourth-order valence-corrected chi connectivity index (χ4v) is 33.0. The molecule has 76 heavy (non-hydrogen) atoms. The van der Waals surface area contributed by atoms with E-state index in [4.69, 9.17) is 0 Å². The summed E-state index contributed by atoms with van der Waals surface area (Å²) >= 11 is 0. The van der Waals surface area contributed by atoms with Gasteiger partial charge in [0.1, 0.15) is 0 Å². The summed E-state index contributed by atoms with van der Waals surface area (Å²) in [5.74, 6) is 2.67. The average molecular weight is 937 g/mol. The summed E-state index contributed by atoms with van der Waals surface area (Å²) in [6, 6.07) is 0. The fourth-order valence-electron chi connectivity index (χ4n) is 33.0. The molecule has 0 bridgehead atoms. The first-order valence-corrected chi connectivity index (χ1v) is 30.0. The molecule has 0 saturated heterocycles. The van der Waals surface area contributed by atoms with E-state index in [9.17, 15) is 0 Å². The highest BCUT2D eigenvalue weighted by molar-refractivity contribution is 6.72. The first-order chi connectivity index (χ1) is 37.2. The van der Waals surface area contributed by atoms with Crippen molar-refractivity contribution in [1.82, 2.24) is 0 Å². The van der Waals surface area contributed by atoms with Gasteiger partial charge in [-0.3, -0.25) is 0 Å². The van der Waals surface area contributed by atoms with Crippen molar-refractivity contribution in [2.75, 3.05) is 0 Å². The van der Waals surface area contributed by atoms with Gasteiger partial charge in [0.15, 0.2) is 0 Å². The summed E-state index contributed by atoms with van der Waals surface area (Å²) < 4.78 is 0. The van der Waals surface area contributed by atoms with Crippen LogP contribution in [0.15, 0.2) is 0 Å². The van der Waals surface area contributed by atoms with Crippen molar-refractivity contribution in [3.63, 3.8) is 0 Å². The van der Waals surface area contributed by atoms with Crippen LogP contribution < -0.4 is 0 Å². The van der Waals surface area contributed by atoms with Crippen LogP contribution in [0.25, 0.3) is 215 Å². The maximum absolute atomic E-state index is 3.00. The van der Waals surface area contributed by atoms with Gasteiger partial charge in [0.05, 0.1) is 0 Å². The van der Waals surface area contributed by atoms with Crippen LogP contribution in [-0.2, 0) is 32.5 Å². The van der Waals surface area contributed by atoms with Crippen LogP contribution in [0.3, 0.4) is 0 Å². The van der Waals surface area contributed by atoms with E-state index < -0.39 is 0 Å². The van der Waals surface area contributed by atoms with Gasteiger partial charge in [-0.2, -0.15) is 0 Å². The highest BCUT2D eigenvalue weighted by Crippen LogP contribution is 2.93. The zero-order valence-corrected chi connectivity index (χ0v) is 41.5. The molecule has 16 aliphatic carbocycles. The molecule has 0 spiro atoms. The van der Waals surface area contributed by atoms with E-state index >= 15 is 0 Å². The molecule has 0 amide bonds. The van der Waals surface area contributed by atoms with Gasteiger partial charge in [-0.05, 0) is 327 Å². The summed E-state index contributed by atoms with van der Waals surface area (Å²) in [5, 5.41) is 70.5. The highest BCUT2D eigenvalue weighted by atomic mass is 14.8. The molecule has 12 atom stereocenters. The average Bonchev–Trinajstić information content (AvgIpc) is 1.79. The Balaban J connectivity index is 1.13. The second-order valence-corrected chi connectivity index (χ2v) is 32.1. The molecule has 0 nitrogen and oxygen atoms in total. The molecule has 21 aromatic carbocycles. The monoisotopic (exact) mass is 936 g/mol. The Morgan fingerprint density at radius 1 is 0.158 bits per heavy atom. The maximum Gasteiger partial charge on any atom is 0.0303 e. The lowest BCUT2D eigenvalue weighted by Crippen LogP contribution is -2.66. The molecule has 0 heteroatoms. The maximum atomic E-state index is 3.00. The molecule has 0 radical (unpaired) electrons. The van der Waals surface area contributed by atoms with E-state index in [0.717, 1.165) is 0 Å². The first kappa shape index (κ1) is 29.1. The van der Waals surface area contributed by atoms with Crippen LogP contribution in [0.1, 0.15) is 165 Å². The smallest absolute Gasteiger partial charge is 0.0303 e. The standard InChI is InChI=1S/C76H24/c1-71-53-37-23-11-9-7-8-13-17-15(9)33(37)39-35(17)49-45-27(13)28-14(8)18-16-10(7)12(11)24-20-19(23)25-21-22-29-31-32-30(22)44-42(26(20)21)54-38(24)34(16)40-36(18)50-46(28)58-57(45)75(5)63(49)67(61(39)71)73(3)59(55(71)43(29)41(25)53)47(31)51-52-48(32)60-56(44)72(54,2)62(40)68-64(50)76(58,6)70(69(75)65(51)73)66(52)74(60,68)4/h53-54,65-66,69-70H,1-6H3/t53?,54?,65?,66?,69?,70?,71-,72+,73+,74-,75+,76-. The number of hydrogen-bond acceptors (Lipinski definition) is 0. The van der Waals surface area contributed by atoms with Gasteiger partial charge < -0.3 is 0 Å². The van der Waals surface area contributed by atoms with Crippen molar-refractivity contribution < 1.29 is 0 Å². The summed E-state index contributed by atoms with van der Waals surface area (Å²) in [6.45, 7) is 17.9. The quantitative estimate of drug-likeness (QED) is 0.133. The van der Waals surface area contributed by atoms with E-state index in [1.165, 1.54) is 0 Å². The lowest BCUT2D eigenvalue weighted by atomic mass is 9.32. The minimum atomic E-state index is -0.140. The third-order valence-electron chi connectivity index (χ3n) is 32.6. The van der Waals surface area contributed by atoms with E-state index in [1.807, 2.05) is 111 Å². The molecule has 0 heterocycles. The summed E-state index contributed by atoms with van der Waals surface area (Å²) in [4.78, 5) is 0. The molecule has 0 aliphatic heterocycles. The highest BCUT2D eigenvalue weighted by Gasteiger charge is 2.82. The van der Waals surface area contributed by atoms with Crippen molar-refractivity contribution in [2.24, 2.45) is 11.8 Å². The Labute approximate surface area is 422 Å². The third kappa shape index (κ3) is 1.42. The van der Waals surface area contributed by atoms with Crippen LogP contribution in [0, 0.1) is 11.8 Å². The third-order valence-corrected chi connectivity index (χ3v) is 32.6. The zero-order chi connectivity index (χ0) is 46.0. The van der Waals surface area contributed by atoms with Crippen LogP contribution in [0.4, 0.5) is 0 Å². The molecule has 6 unspecified atom stereocenters. The molecule has 0 fully saturated rings. The van der Waals surface area contributed by atoms with Crippen molar-refractivity contribution in [3.8, 4) is 0 Å². The Kier molecular flexibility index (Phi) is 2.35.